The monoisotopic (exact) mass is 319 g/mol. The molecule has 3 aliphatic heterocycles. The minimum absolute atomic E-state index is 0.148. The molecule has 0 aromatic heterocycles. The van der Waals surface area contributed by atoms with E-state index in [1.165, 1.54) is 4.90 Å². The van der Waals surface area contributed by atoms with Gasteiger partial charge in [0.1, 0.15) is 0 Å². The Labute approximate surface area is 118 Å². The van der Waals surface area contributed by atoms with E-state index in [9.17, 15) is 9.59 Å². The summed E-state index contributed by atoms with van der Waals surface area (Å²) in [6, 6.07) is 7.24. The van der Waals surface area contributed by atoms with Gasteiger partial charge in [0.05, 0.1) is 29.7 Å². The molecule has 2 amide bonds. The standard InChI is InChI=1S/C14H10BrNO3/c15-7-2-1-3-8(6-7)16-13(17)11-9-4-5-10(19-9)12(11)14(16)18/h1-6,9-12H/t9-,10-,11-,12+/m1/s1. The number of ether oxygens (including phenoxy) is 1. The van der Waals surface area contributed by atoms with Gasteiger partial charge in [-0.1, -0.05) is 34.1 Å². The molecule has 2 saturated heterocycles. The third kappa shape index (κ3) is 1.42. The van der Waals surface area contributed by atoms with Crippen LogP contribution in [0.3, 0.4) is 0 Å². The molecule has 4 rings (SSSR count). The van der Waals surface area contributed by atoms with Crippen molar-refractivity contribution in [1.29, 1.82) is 0 Å². The van der Waals surface area contributed by atoms with Crippen molar-refractivity contribution < 1.29 is 14.3 Å². The number of fused-ring (bicyclic) bond motifs is 5. The van der Waals surface area contributed by atoms with Crippen molar-refractivity contribution >= 4 is 33.4 Å². The Morgan fingerprint density at radius 2 is 1.68 bits per heavy atom. The van der Waals surface area contributed by atoms with Crippen molar-refractivity contribution in [3.63, 3.8) is 0 Å². The summed E-state index contributed by atoms with van der Waals surface area (Å²) < 4.78 is 6.45. The third-order valence-electron chi connectivity index (χ3n) is 3.98. The van der Waals surface area contributed by atoms with Crippen LogP contribution < -0.4 is 4.90 Å². The second-order valence-corrected chi connectivity index (χ2v) is 5.91. The van der Waals surface area contributed by atoms with Gasteiger partial charge in [-0.15, -0.1) is 0 Å². The van der Waals surface area contributed by atoms with Crippen molar-refractivity contribution in [1.82, 2.24) is 0 Å². The average molecular weight is 320 g/mol. The van der Waals surface area contributed by atoms with Gasteiger partial charge in [0.2, 0.25) is 11.8 Å². The first-order chi connectivity index (χ1) is 9.16. The zero-order valence-corrected chi connectivity index (χ0v) is 11.4. The summed E-state index contributed by atoms with van der Waals surface area (Å²) in [5.41, 5.74) is 0.623. The first-order valence-electron chi connectivity index (χ1n) is 6.14. The van der Waals surface area contributed by atoms with Crippen LogP contribution in [-0.2, 0) is 14.3 Å². The number of anilines is 1. The molecule has 4 nitrogen and oxygen atoms in total. The predicted octanol–water partition coefficient (Wildman–Crippen LogP) is 1.89. The molecule has 0 saturated carbocycles. The fourth-order valence-electron chi connectivity index (χ4n) is 3.17. The molecule has 1 aromatic rings. The van der Waals surface area contributed by atoms with E-state index >= 15 is 0 Å². The van der Waals surface area contributed by atoms with Gasteiger partial charge in [0, 0.05) is 4.47 Å². The molecule has 1 aromatic carbocycles. The number of hydrogen-bond acceptors (Lipinski definition) is 3. The number of amides is 2. The van der Waals surface area contributed by atoms with Crippen molar-refractivity contribution in [2.24, 2.45) is 11.8 Å². The molecule has 0 spiro atoms. The van der Waals surface area contributed by atoms with Gasteiger partial charge >= 0.3 is 0 Å². The van der Waals surface area contributed by atoms with E-state index in [4.69, 9.17) is 4.74 Å². The van der Waals surface area contributed by atoms with Crippen LogP contribution in [0, 0.1) is 11.8 Å². The van der Waals surface area contributed by atoms with Crippen LogP contribution in [0.4, 0.5) is 5.69 Å². The third-order valence-corrected chi connectivity index (χ3v) is 4.47. The number of benzene rings is 1. The zero-order chi connectivity index (χ0) is 13.1. The number of nitrogens with zero attached hydrogens (tertiary/aromatic N) is 1. The van der Waals surface area contributed by atoms with Crippen molar-refractivity contribution in [2.75, 3.05) is 4.90 Å². The Morgan fingerprint density at radius 3 is 2.26 bits per heavy atom. The van der Waals surface area contributed by atoms with E-state index in [-0.39, 0.29) is 35.9 Å². The molecule has 3 heterocycles. The smallest absolute Gasteiger partial charge is 0.240 e. The summed E-state index contributed by atoms with van der Waals surface area (Å²) in [6.45, 7) is 0. The van der Waals surface area contributed by atoms with Crippen LogP contribution in [0.25, 0.3) is 0 Å². The topological polar surface area (TPSA) is 46.6 Å². The van der Waals surface area contributed by atoms with Gasteiger partial charge in [0.15, 0.2) is 0 Å². The second-order valence-electron chi connectivity index (χ2n) is 4.99. The normalized spacial score (nSPS) is 35.3. The highest BCUT2D eigenvalue weighted by atomic mass is 79.9. The first-order valence-corrected chi connectivity index (χ1v) is 6.93. The Balaban J connectivity index is 1.77. The number of halogens is 1. The van der Waals surface area contributed by atoms with Crippen LogP contribution in [0.2, 0.25) is 0 Å². The van der Waals surface area contributed by atoms with Gasteiger partial charge in [-0.05, 0) is 18.2 Å². The highest BCUT2D eigenvalue weighted by molar-refractivity contribution is 9.10. The predicted molar refractivity (Wildman–Crippen MR) is 71.4 cm³/mol. The number of hydrogen-bond donors (Lipinski definition) is 0. The quantitative estimate of drug-likeness (QED) is 0.586. The van der Waals surface area contributed by atoms with Crippen LogP contribution >= 0.6 is 15.9 Å². The number of rotatable bonds is 1. The first kappa shape index (κ1) is 11.4. The fraction of sp³-hybridized carbons (Fsp3) is 0.286. The van der Waals surface area contributed by atoms with Gasteiger partial charge in [0.25, 0.3) is 0 Å². The van der Waals surface area contributed by atoms with Gasteiger partial charge in [-0.2, -0.15) is 0 Å². The number of carbonyl (C=O) groups excluding carboxylic acids is 2. The molecule has 0 aliphatic carbocycles. The van der Waals surface area contributed by atoms with Crippen molar-refractivity contribution in [2.45, 2.75) is 12.2 Å². The Kier molecular flexibility index (Phi) is 2.26. The molecule has 0 unspecified atom stereocenters. The molecule has 4 atom stereocenters. The molecular weight excluding hydrogens is 310 g/mol. The molecule has 0 radical (unpaired) electrons. The summed E-state index contributed by atoms with van der Waals surface area (Å²) in [4.78, 5) is 26.3. The molecule has 2 bridgehead atoms. The van der Waals surface area contributed by atoms with Crippen LogP contribution in [0.15, 0.2) is 40.9 Å². The van der Waals surface area contributed by atoms with E-state index in [2.05, 4.69) is 15.9 Å². The minimum atomic E-state index is -0.346. The summed E-state index contributed by atoms with van der Waals surface area (Å²) in [6.07, 6.45) is 3.32. The lowest BCUT2D eigenvalue weighted by molar-refractivity contribution is -0.124. The fourth-order valence-corrected chi connectivity index (χ4v) is 3.56. The molecular formula is C14H10BrNO3. The van der Waals surface area contributed by atoms with Crippen LogP contribution in [0.5, 0.6) is 0 Å². The lowest BCUT2D eigenvalue weighted by Gasteiger charge is -2.17. The molecule has 96 valence electrons. The average Bonchev–Trinajstić information content (AvgIpc) is 3.04. The largest absolute Gasteiger partial charge is 0.365 e. The van der Waals surface area contributed by atoms with Gasteiger partial charge < -0.3 is 4.74 Å². The number of carbonyl (C=O) groups is 2. The maximum atomic E-state index is 12.5. The van der Waals surface area contributed by atoms with E-state index in [1.54, 1.807) is 12.1 Å². The molecule has 0 N–H and O–H groups in total. The van der Waals surface area contributed by atoms with E-state index < -0.39 is 0 Å². The maximum Gasteiger partial charge on any atom is 0.240 e. The Bertz CT molecular complexity index is 597. The molecule has 5 heteroatoms. The van der Waals surface area contributed by atoms with Crippen molar-refractivity contribution in [3.8, 4) is 0 Å². The molecule has 2 fully saturated rings. The summed E-state index contributed by atoms with van der Waals surface area (Å²) in [5.74, 6) is -0.988. The van der Waals surface area contributed by atoms with E-state index in [0.29, 0.717) is 5.69 Å². The lowest BCUT2D eigenvalue weighted by Crippen LogP contribution is -2.34. The van der Waals surface area contributed by atoms with Crippen LogP contribution in [-0.4, -0.2) is 24.0 Å². The molecule has 19 heavy (non-hydrogen) atoms. The highest BCUT2D eigenvalue weighted by Crippen LogP contribution is 2.46. The molecule has 3 aliphatic rings. The van der Waals surface area contributed by atoms with Crippen molar-refractivity contribution in [3.05, 3.63) is 40.9 Å². The SMILES string of the molecule is O=C1[C@@H]2[C@H](C(=O)N1c1cccc(Br)c1)[C@H]1C=C[C@H]2O1. The van der Waals surface area contributed by atoms with E-state index in [1.807, 2.05) is 24.3 Å². The Hall–Kier alpha value is -1.46. The van der Waals surface area contributed by atoms with Crippen LogP contribution in [0.1, 0.15) is 0 Å². The Morgan fingerprint density at radius 1 is 1.05 bits per heavy atom. The maximum absolute atomic E-state index is 12.5. The zero-order valence-electron chi connectivity index (χ0n) is 9.82. The minimum Gasteiger partial charge on any atom is -0.365 e. The van der Waals surface area contributed by atoms with Gasteiger partial charge in [-0.3, -0.25) is 9.59 Å². The van der Waals surface area contributed by atoms with Gasteiger partial charge in [-0.25, -0.2) is 4.90 Å². The van der Waals surface area contributed by atoms with E-state index in [0.717, 1.165) is 4.47 Å². The highest BCUT2D eigenvalue weighted by Gasteiger charge is 2.60. The number of imide groups is 1. The second kappa shape index (κ2) is 3.77. The lowest BCUT2D eigenvalue weighted by atomic mass is 9.85. The summed E-state index contributed by atoms with van der Waals surface area (Å²) in [5, 5.41) is 0. The summed E-state index contributed by atoms with van der Waals surface area (Å²) in [7, 11) is 0. The summed E-state index contributed by atoms with van der Waals surface area (Å²) >= 11 is 3.36.